The van der Waals surface area contributed by atoms with E-state index < -0.39 is 18.0 Å². The molecule has 2 unspecified atom stereocenters. The zero-order valence-electron chi connectivity index (χ0n) is 10.2. The first kappa shape index (κ1) is 16.4. The van der Waals surface area contributed by atoms with E-state index in [1.54, 1.807) is 0 Å². The van der Waals surface area contributed by atoms with Gasteiger partial charge < -0.3 is 15.5 Å². The first-order chi connectivity index (χ1) is 8.82. The smallest absolute Gasteiger partial charge is 0.216 e. The van der Waals surface area contributed by atoms with Crippen molar-refractivity contribution < 1.29 is 19.4 Å². The highest BCUT2D eigenvalue weighted by Gasteiger charge is 2.24. The number of amides is 1. The number of hydrogen-bond donors (Lipinski definition) is 3. The molecule has 0 heterocycles. The van der Waals surface area contributed by atoms with Crippen molar-refractivity contribution in [3.63, 3.8) is 0 Å². The Kier molecular flexibility index (Phi) is 6.19. The van der Waals surface area contributed by atoms with Gasteiger partial charge in [0.15, 0.2) is 0 Å². The lowest BCUT2D eigenvalue weighted by atomic mass is 10.0. The van der Waals surface area contributed by atoms with Crippen molar-refractivity contribution in [2.75, 3.05) is 6.54 Å². The summed E-state index contributed by atoms with van der Waals surface area (Å²) in [6.07, 6.45) is -2.49. The Morgan fingerprint density at radius 1 is 1.53 bits per heavy atom. The SMILES string of the molecule is CC(=O)NCCC(O)C(O)c1c(F)cc(Cl)cc1Br. The number of hydrogen-bond acceptors (Lipinski definition) is 3. The fourth-order valence-electron chi connectivity index (χ4n) is 1.58. The van der Waals surface area contributed by atoms with E-state index in [1.165, 1.54) is 13.0 Å². The molecule has 106 valence electrons. The van der Waals surface area contributed by atoms with E-state index in [0.29, 0.717) is 0 Å². The van der Waals surface area contributed by atoms with Gasteiger partial charge in [-0.1, -0.05) is 27.5 Å². The second-order valence-corrected chi connectivity index (χ2v) is 5.36. The molecule has 0 bridgehead atoms. The summed E-state index contributed by atoms with van der Waals surface area (Å²) in [4.78, 5) is 10.7. The number of carbonyl (C=O) groups is 1. The molecule has 0 aromatic heterocycles. The van der Waals surface area contributed by atoms with Gasteiger partial charge in [-0.2, -0.15) is 0 Å². The maximum atomic E-state index is 13.7. The topological polar surface area (TPSA) is 69.6 Å². The van der Waals surface area contributed by atoms with Crippen LogP contribution in [0.25, 0.3) is 0 Å². The standard InChI is InChI=1S/C12H14BrClFNO3/c1-6(17)16-3-2-10(18)12(19)11-8(13)4-7(14)5-9(11)15/h4-5,10,12,18-19H,2-3H2,1H3,(H,16,17). The number of nitrogens with one attached hydrogen (secondary N) is 1. The van der Waals surface area contributed by atoms with E-state index in [9.17, 15) is 19.4 Å². The fourth-order valence-corrected chi connectivity index (χ4v) is 2.59. The lowest BCUT2D eigenvalue weighted by Gasteiger charge is -2.20. The van der Waals surface area contributed by atoms with Gasteiger partial charge in [0, 0.05) is 28.5 Å². The highest BCUT2D eigenvalue weighted by Crippen LogP contribution is 2.31. The number of halogens is 3. The molecule has 2 atom stereocenters. The van der Waals surface area contributed by atoms with E-state index in [0.717, 1.165) is 6.07 Å². The summed E-state index contributed by atoms with van der Waals surface area (Å²) in [6.45, 7) is 1.54. The minimum Gasteiger partial charge on any atom is -0.390 e. The first-order valence-electron chi connectivity index (χ1n) is 5.58. The van der Waals surface area contributed by atoms with E-state index in [1.807, 2.05) is 0 Å². The van der Waals surface area contributed by atoms with Crippen molar-refractivity contribution in [3.8, 4) is 0 Å². The van der Waals surface area contributed by atoms with Gasteiger partial charge >= 0.3 is 0 Å². The molecule has 1 rings (SSSR count). The van der Waals surface area contributed by atoms with E-state index in [-0.39, 0.29) is 33.9 Å². The molecule has 0 aliphatic rings. The molecule has 3 N–H and O–H groups in total. The van der Waals surface area contributed by atoms with Gasteiger partial charge in [0.1, 0.15) is 11.9 Å². The van der Waals surface area contributed by atoms with Gasteiger partial charge in [-0.3, -0.25) is 4.79 Å². The molecule has 4 nitrogen and oxygen atoms in total. The van der Waals surface area contributed by atoms with Crippen LogP contribution in [0.4, 0.5) is 4.39 Å². The summed E-state index contributed by atoms with van der Waals surface area (Å²) in [6, 6.07) is 2.50. The molecular weight excluding hydrogens is 340 g/mol. The van der Waals surface area contributed by atoms with Crippen molar-refractivity contribution in [3.05, 3.63) is 33.0 Å². The Bertz CT molecular complexity index is 449. The van der Waals surface area contributed by atoms with Crippen molar-refractivity contribution in [1.82, 2.24) is 5.32 Å². The molecule has 1 aromatic carbocycles. The molecule has 0 radical (unpaired) electrons. The van der Waals surface area contributed by atoms with Crippen LogP contribution in [0.5, 0.6) is 0 Å². The maximum Gasteiger partial charge on any atom is 0.216 e. The van der Waals surface area contributed by atoms with Gasteiger partial charge in [0.2, 0.25) is 5.91 Å². The Labute approximate surface area is 123 Å². The molecule has 0 aliphatic heterocycles. The molecule has 1 aromatic rings. The van der Waals surface area contributed by atoms with Crippen molar-refractivity contribution >= 4 is 33.4 Å². The van der Waals surface area contributed by atoms with Crippen molar-refractivity contribution in [1.29, 1.82) is 0 Å². The molecular formula is C12H14BrClFNO3. The summed E-state index contributed by atoms with van der Waals surface area (Å²) in [7, 11) is 0. The predicted octanol–water partition coefficient (Wildman–Crippen LogP) is 2.16. The lowest BCUT2D eigenvalue weighted by Crippen LogP contribution is -2.28. The average molecular weight is 355 g/mol. The quantitative estimate of drug-likeness (QED) is 0.759. The van der Waals surface area contributed by atoms with Crippen LogP contribution in [0.3, 0.4) is 0 Å². The summed E-state index contributed by atoms with van der Waals surface area (Å²) in [5.41, 5.74) is -0.0558. The third-order valence-electron chi connectivity index (χ3n) is 2.52. The van der Waals surface area contributed by atoms with Crippen LogP contribution in [0, 0.1) is 5.82 Å². The molecule has 0 saturated heterocycles. The third kappa shape index (κ3) is 4.72. The second kappa shape index (κ2) is 7.19. The minimum absolute atomic E-state index is 0.0558. The van der Waals surface area contributed by atoms with Crippen LogP contribution in [0.15, 0.2) is 16.6 Å². The molecule has 0 aliphatic carbocycles. The summed E-state index contributed by atoms with van der Waals surface area (Å²) in [5.74, 6) is -0.939. The number of benzene rings is 1. The van der Waals surface area contributed by atoms with Crippen LogP contribution in [0.2, 0.25) is 5.02 Å². The predicted molar refractivity (Wildman–Crippen MR) is 73.4 cm³/mol. The molecule has 7 heteroatoms. The lowest BCUT2D eigenvalue weighted by molar-refractivity contribution is -0.119. The highest BCUT2D eigenvalue weighted by atomic mass is 79.9. The van der Waals surface area contributed by atoms with Crippen molar-refractivity contribution in [2.24, 2.45) is 0 Å². The van der Waals surface area contributed by atoms with Crippen LogP contribution >= 0.6 is 27.5 Å². The summed E-state index contributed by atoms with van der Waals surface area (Å²) >= 11 is 8.76. The zero-order valence-corrected chi connectivity index (χ0v) is 12.5. The Hall–Kier alpha value is -0.690. The normalized spacial score (nSPS) is 14.0. The molecule has 0 saturated carbocycles. The van der Waals surface area contributed by atoms with E-state index in [4.69, 9.17) is 11.6 Å². The number of rotatable bonds is 5. The Balaban J connectivity index is 2.76. The summed E-state index contributed by atoms with van der Waals surface area (Å²) in [5, 5.41) is 22.4. The highest BCUT2D eigenvalue weighted by molar-refractivity contribution is 9.10. The second-order valence-electron chi connectivity index (χ2n) is 4.07. The van der Waals surface area contributed by atoms with Crippen LogP contribution in [-0.4, -0.2) is 28.8 Å². The van der Waals surface area contributed by atoms with Gasteiger partial charge in [-0.25, -0.2) is 4.39 Å². The van der Waals surface area contributed by atoms with Crippen LogP contribution in [-0.2, 0) is 4.79 Å². The Morgan fingerprint density at radius 2 is 2.16 bits per heavy atom. The van der Waals surface area contributed by atoms with E-state index >= 15 is 0 Å². The number of aliphatic hydroxyl groups excluding tert-OH is 2. The number of carbonyl (C=O) groups excluding carboxylic acids is 1. The zero-order chi connectivity index (χ0) is 14.6. The number of aliphatic hydroxyl groups is 2. The average Bonchev–Trinajstić information content (AvgIpc) is 2.26. The molecule has 19 heavy (non-hydrogen) atoms. The summed E-state index contributed by atoms with van der Waals surface area (Å²) < 4.78 is 14.0. The molecule has 1 amide bonds. The Morgan fingerprint density at radius 3 is 2.68 bits per heavy atom. The molecule has 0 spiro atoms. The molecule has 0 fully saturated rings. The third-order valence-corrected chi connectivity index (χ3v) is 3.39. The van der Waals surface area contributed by atoms with Crippen LogP contribution in [0.1, 0.15) is 25.0 Å². The van der Waals surface area contributed by atoms with Crippen molar-refractivity contribution in [2.45, 2.75) is 25.6 Å². The largest absolute Gasteiger partial charge is 0.390 e. The monoisotopic (exact) mass is 353 g/mol. The minimum atomic E-state index is -1.40. The maximum absolute atomic E-state index is 13.7. The van der Waals surface area contributed by atoms with Gasteiger partial charge in [0.05, 0.1) is 6.10 Å². The fraction of sp³-hybridized carbons (Fsp3) is 0.417. The van der Waals surface area contributed by atoms with Gasteiger partial charge in [0.25, 0.3) is 0 Å². The van der Waals surface area contributed by atoms with E-state index in [2.05, 4.69) is 21.2 Å². The van der Waals surface area contributed by atoms with Gasteiger partial charge in [-0.15, -0.1) is 0 Å². The first-order valence-corrected chi connectivity index (χ1v) is 6.75. The van der Waals surface area contributed by atoms with Gasteiger partial charge in [-0.05, 0) is 18.6 Å². The van der Waals surface area contributed by atoms with Crippen LogP contribution < -0.4 is 5.32 Å².